The van der Waals surface area contributed by atoms with Crippen LogP contribution in [0.3, 0.4) is 0 Å². The number of hydrogen-bond donors (Lipinski definition) is 0. The quantitative estimate of drug-likeness (QED) is 0.208. The van der Waals surface area contributed by atoms with E-state index in [1.165, 1.54) is 6.07 Å². The Morgan fingerprint density at radius 3 is 1.96 bits per heavy atom. The average Bonchev–Trinajstić information content (AvgIpc) is 2.58. The molecular weight excluding hydrogens is 381 g/mol. The molecule has 0 aliphatic heterocycles. The minimum absolute atomic E-state index is 0.0272. The van der Waals surface area contributed by atoms with Crippen LogP contribution in [0.2, 0.25) is 0 Å². The molecule has 0 aliphatic rings. The summed E-state index contributed by atoms with van der Waals surface area (Å²) in [6.07, 6.45) is -8.84. The Hall–Kier alpha value is -1.90. The molecule has 1 rings (SSSR count). The van der Waals surface area contributed by atoms with Crippen LogP contribution in [0.5, 0.6) is 0 Å². The minimum atomic E-state index is -5.69. The third-order valence-corrected chi connectivity index (χ3v) is 3.85. The molecule has 0 unspecified atom stereocenters. The molecule has 0 radical (unpaired) electrons. The molecule has 0 aromatic heterocycles. The summed E-state index contributed by atoms with van der Waals surface area (Å²) in [5.41, 5.74) is -5.42. The van der Waals surface area contributed by atoms with E-state index in [1.807, 2.05) is 0 Å². The highest BCUT2D eigenvalue weighted by Crippen LogP contribution is 2.52. The van der Waals surface area contributed by atoms with Crippen molar-refractivity contribution in [2.45, 2.75) is 50.1 Å². The standard InChI is InChI=1S/C18H19F7O2/c19-15(13-26)11-7-2-1-3-8-12-27-16(17(20,21)22,18(23,24)25)14-9-5-4-6-10-14/h4-6,9-11,13H,1-3,7-8,12H2/b15-11-. The maximum atomic E-state index is 13.4. The maximum Gasteiger partial charge on any atom is 0.430 e. The van der Waals surface area contributed by atoms with Crippen LogP contribution in [0, 0.1) is 0 Å². The average molecular weight is 400 g/mol. The lowest BCUT2D eigenvalue weighted by molar-refractivity contribution is -0.389. The molecule has 9 heteroatoms. The first-order valence-corrected chi connectivity index (χ1v) is 8.20. The van der Waals surface area contributed by atoms with Crippen molar-refractivity contribution in [3.05, 3.63) is 47.8 Å². The number of unbranched alkanes of at least 4 members (excludes halogenated alkanes) is 4. The van der Waals surface area contributed by atoms with Gasteiger partial charge in [0.15, 0.2) is 12.1 Å². The summed E-state index contributed by atoms with van der Waals surface area (Å²) >= 11 is 0. The number of ether oxygens (including phenoxy) is 1. The fourth-order valence-corrected chi connectivity index (χ4v) is 2.52. The van der Waals surface area contributed by atoms with Crippen LogP contribution in [-0.2, 0) is 15.1 Å². The van der Waals surface area contributed by atoms with E-state index in [0.717, 1.165) is 30.3 Å². The minimum Gasteiger partial charge on any atom is -0.354 e. The van der Waals surface area contributed by atoms with E-state index in [4.69, 9.17) is 0 Å². The van der Waals surface area contributed by atoms with Crippen molar-refractivity contribution in [1.82, 2.24) is 0 Å². The summed E-state index contributed by atoms with van der Waals surface area (Å²) < 4.78 is 97.5. The topological polar surface area (TPSA) is 26.3 Å². The van der Waals surface area contributed by atoms with Gasteiger partial charge in [0.2, 0.25) is 0 Å². The largest absolute Gasteiger partial charge is 0.430 e. The van der Waals surface area contributed by atoms with Crippen molar-refractivity contribution in [2.75, 3.05) is 6.61 Å². The van der Waals surface area contributed by atoms with E-state index >= 15 is 0 Å². The number of alkyl halides is 6. The summed E-state index contributed by atoms with van der Waals surface area (Å²) in [5.74, 6) is -0.915. The number of aldehydes is 1. The highest BCUT2D eigenvalue weighted by Gasteiger charge is 2.73. The van der Waals surface area contributed by atoms with Gasteiger partial charge in [-0.3, -0.25) is 4.79 Å². The van der Waals surface area contributed by atoms with E-state index in [0.29, 0.717) is 19.3 Å². The van der Waals surface area contributed by atoms with Gasteiger partial charge in [-0.25, -0.2) is 4.39 Å². The van der Waals surface area contributed by atoms with Gasteiger partial charge >= 0.3 is 12.4 Å². The highest BCUT2D eigenvalue weighted by molar-refractivity contribution is 5.69. The van der Waals surface area contributed by atoms with Gasteiger partial charge < -0.3 is 4.74 Å². The molecule has 27 heavy (non-hydrogen) atoms. The molecule has 0 fully saturated rings. The Kier molecular flexibility index (Phi) is 8.46. The van der Waals surface area contributed by atoms with Gasteiger partial charge in [-0.15, -0.1) is 0 Å². The van der Waals surface area contributed by atoms with Gasteiger partial charge in [-0.2, -0.15) is 26.3 Å². The van der Waals surface area contributed by atoms with Crippen LogP contribution in [0.25, 0.3) is 0 Å². The van der Waals surface area contributed by atoms with E-state index in [9.17, 15) is 35.5 Å². The van der Waals surface area contributed by atoms with E-state index < -0.39 is 36.0 Å². The van der Waals surface area contributed by atoms with Crippen LogP contribution in [0.1, 0.15) is 37.7 Å². The van der Waals surface area contributed by atoms with Crippen LogP contribution in [0.15, 0.2) is 42.2 Å². The molecule has 2 nitrogen and oxygen atoms in total. The molecule has 1 aromatic rings. The summed E-state index contributed by atoms with van der Waals surface area (Å²) in [4.78, 5) is 10.0. The van der Waals surface area contributed by atoms with Crippen LogP contribution in [0.4, 0.5) is 30.7 Å². The summed E-state index contributed by atoms with van der Waals surface area (Å²) in [6, 6.07) is 4.93. The fourth-order valence-electron chi connectivity index (χ4n) is 2.52. The molecule has 0 atom stereocenters. The molecule has 0 amide bonds. The lowest BCUT2D eigenvalue weighted by Crippen LogP contribution is -2.56. The molecule has 0 heterocycles. The highest BCUT2D eigenvalue weighted by atomic mass is 19.4. The van der Waals surface area contributed by atoms with Gasteiger partial charge in [0.05, 0.1) is 0 Å². The smallest absolute Gasteiger partial charge is 0.354 e. The molecule has 0 N–H and O–H groups in total. The van der Waals surface area contributed by atoms with E-state index in [-0.39, 0.29) is 19.1 Å². The fraction of sp³-hybridized carbons (Fsp3) is 0.500. The SMILES string of the molecule is O=C/C(F)=C/CCCCCCOC(c1ccccc1)(C(F)(F)F)C(F)(F)F. The van der Waals surface area contributed by atoms with Crippen LogP contribution < -0.4 is 0 Å². The van der Waals surface area contributed by atoms with Gasteiger partial charge in [0, 0.05) is 12.2 Å². The first-order chi connectivity index (χ1) is 12.6. The number of allylic oxidation sites excluding steroid dienone is 2. The third-order valence-electron chi connectivity index (χ3n) is 3.85. The Balaban J connectivity index is 2.73. The van der Waals surface area contributed by atoms with Gasteiger partial charge in [-0.05, 0) is 25.3 Å². The monoisotopic (exact) mass is 400 g/mol. The lowest BCUT2D eigenvalue weighted by Gasteiger charge is -2.37. The van der Waals surface area contributed by atoms with Crippen molar-refractivity contribution in [3.63, 3.8) is 0 Å². The number of benzene rings is 1. The first-order valence-electron chi connectivity index (χ1n) is 8.20. The second-order valence-electron chi connectivity index (χ2n) is 5.80. The lowest BCUT2D eigenvalue weighted by atomic mass is 9.92. The van der Waals surface area contributed by atoms with Gasteiger partial charge in [-0.1, -0.05) is 43.2 Å². The number of carbonyl (C=O) groups excluding carboxylic acids is 1. The zero-order valence-corrected chi connectivity index (χ0v) is 14.2. The van der Waals surface area contributed by atoms with E-state index in [1.54, 1.807) is 0 Å². The molecular formula is C18H19F7O2. The Morgan fingerprint density at radius 1 is 0.889 bits per heavy atom. The predicted octanol–water partition coefficient (Wildman–Crippen LogP) is 6.03. The van der Waals surface area contributed by atoms with E-state index in [2.05, 4.69) is 4.74 Å². The Morgan fingerprint density at radius 2 is 1.44 bits per heavy atom. The first kappa shape index (κ1) is 23.1. The Bertz CT molecular complexity index is 592. The molecule has 0 saturated heterocycles. The summed E-state index contributed by atoms with van der Waals surface area (Å²) in [5, 5.41) is 0. The predicted molar refractivity (Wildman–Crippen MR) is 84.5 cm³/mol. The zero-order valence-electron chi connectivity index (χ0n) is 14.2. The molecule has 152 valence electrons. The molecule has 0 spiro atoms. The zero-order chi connectivity index (χ0) is 20.6. The second-order valence-corrected chi connectivity index (χ2v) is 5.80. The molecule has 0 aliphatic carbocycles. The summed E-state index contributed by atoms with van der Waals surface area (Å²) in [6.45, 7) is -0.744. The summed E-state index contributed by atoms with van der Waals surface area (Å²) in [7, 11) is 0. The molecule has 0 bridgehead atoms. The van der Waals surface area contributed by atoms with Crippen molar-refractivity contribution in [1.29, 1.82) is 0 Å². The van der Waals surface area contributed by atoms with Crippen LogP contribution >= 0.6 is 0 Å². The van der Waals surface area contributed by atoms with Crippen molar-refractivity contribution in [2.24, 2.45) is 0 Å². The van der Waals surface area contributed by atoms with Crippen molar-refractivity contribution < 1.29 is 40.3 Å². The normalized spacial score (nSPS) is 13.7. The van der Waals surface area contributed by atoms with Gasteiger partial charge in [0.1, 0.15) is 0 Å². The number of halogens is 7. The van der Waals surface area contributed by atoms with Crippen LogP contribution in [-0.4, -0.2) is 25.2 Å². The van der Waals surface area contributed by atoms with Crippen molar-refractivity contribution in [3.8, 4) is 0 Å². The number of hydrogen-bond acceptors (Lipinski definition) is 2. The van der Waals surface area contributed by atoms with Gasteiger partial charge in [0.25, 0.3) is 5.60 Å². The molecule has 0 saturated carbocycles. The maximum absolute atomic E-state index is 13.4. The van der Waals surface area contributed by atoms with Crippen molar-refractivity contribution >= 4 is 6.29 Å². The number of carbonyl (C=O) groups is 1. The number of rotatable bonds is 10. The second kappa shape index (κ2) is 9.87. The third kappa shape index (κ3) is 6.05. The molecule has 1 aromatic carbocycles. The Labute approximate surface area is 152 Å².